The van der Waals surface area contributed by atoms with Gasteiger partial charge in [0.05, 0.1) is 18.3 Å². The zero-order chi connectivity index (χ0) is 16.3. The van der Waals surface area contributed by atoms with Gasteiger partial charge in [-0.3, -0.25) is 4.98 Å². The summed E-state index contributed by atoms with van der Waals surface area (Å²) in [7, 11) is 0. The Morgan fingerprint density at radius 2 is 2.13 bits per heavy atom. The van der Waals surface area contributed by atoms with Crippen molar-refractivity contribution in [3.05, 3.63) is 53.9 Å². The summed E-state index contributed by atoms with van der Waals surface area (Å²) in [6.07, 6.45) is 4.47. The molecule has 2 aromatic heterocycles. The minimum atomic E-state index is -0.534. The molecule has 120 valence electrons. The normalized spacial score (nSPS) is 20.6. The molecule has 3 heterocycles. The monoisotopic (exact) mass is 314 g/mol. The molecule has 3 rings (SSSR count). The number of hydrogen-bond acceptors (Lipinski definition) is 6. The van der Waals surface area contributed by atoms with Crippen molar-refractivity contribution in [1.82, 2.24) is 20.3 Å². The zero-order valence-corrected chi connectivity index (χ0v) is 13.0. The van der Waals surface area contributed by atoms with Crippen molar-refractivity contribution >= 4 is 6.09 Å². The van der Waals surface area contributed by atoms with Crippen LogP contribution in [0.25, 0.3) is 0 Å². The SMILES string of the molecule is CC(NC(=O)OCc1ccc(C2(C)CO2)cn1)c1ncccn1. The molecule has 2 atom stereocenters. The van der Waals surface area contributed by atoms with Crippen LogP contribution in [-0.2, 0) is 21.7 Å². The number of aromatic nitrogens is 3. The van der Waals surface area contributed by atoms with Gasteiger partial charge in [0.15, 0.2) is 0 Å². The van der Waals surface area contributed by atoms with Crippen LogP contribution < -0.4 is 5.32 Å². The molecule has 0 saturated carbocycles. The van der Waals surface area contributed by atoms with Gasteiger partial charge in [-0.1, -0.05) is 6.07 Å². The lowest BCUT2D eigenvalue weighted by molar-refractivity contribution is 0.134. The average Bonchev–Trinajstić information content (AvgIpc) is 3.33. The van der Waals surface area contributed by atoms with Gasteiger partial charge in [0.25, 0.3) is 0 Å². The van der Waals surface area contributed by atoms with Gasteiger partial charge >= 0.3 is 6.09 Å². The summed E-state index contributed by atoms with van der Waals surface area (Å²) >= 11 is 0. The van der Waals surface area contributed by atoms with Crippen molar-refractivity contribution in [2.24, 2.45) is 0 Å². The van der Waals surface area contributed by atoms with Crippen molar-refractivity contribution in [2.45, 2.75) is 32.1 Å². The summed E-state index contributed by atoms with van der Waals surface area (Å²) in [5.41, 5.74) is 1.51. The Labute approximate surface area is 134 Å². The average molecular weight is 314 g/mol. The summed E-state index contributed by atoms with van der Waals surface area (Å²) in [4.78, 5) is 24.3. The Bertz CT molecular complexity index is 671. The van der Waals surface area contributed by atoms with E-state index in [0.717, 1.165) is 5.56 Å². The molecule has 1 aliphatic heterocycles. The Balaban J connectivity index is 1.49. The van der Waals surface area contributed by atoms with Crippen LogP contribution in [0.3, 0.4) is 0 Å². The largest absolute Gasteiger partial charge is 0.443 e. The third kappa shape index (κ3) is 3.81. The lowest BCUT2D eigenvalue weighted by Crippen LogP contribution is -2.28. The molecule has 7 heteroatoms. The highest BCUT2D eigenvalue weighted by molar-refractivity contribution is 5.67. The molecule has 7 nitrogen and oxygen atoms in total. The fraction of sp³-hybridized carbons (Fsp3) is 0.375. The van der Waals surface area contributed by atoms with Crippen LogP contribution in [0.5, 0.6) is 0 Å². The fourth-order valence-corrected chi connectivity index (χ4v) is 2.05. The molecule has 1 amide bonds. The smallest absolute Gasteiger partial charge is 0.408 e. The summed E-state index contributed by atoms with van der Waals surface area (Å²) in [5, 5.41) is 2.68. The number of carbonyl (C=O) groups excluding carboxylic acids is 1. The molecule has 1 N–H and O–H groups in total. The number of alkyl carbamates (subject to hydrolysis) is 1. The predicted molar refractivity (Wildman–Crippen MR) is 81.3 cm³/mol. The first-order valence-electron chi connectivity index (χ1n) is 7.36. The van der Waals surface area contributed by atoms with Crippen LogP contribution in [-0.4, -0.2) is 27.7 Å². The maximum Gasteiger partial charge on any atom is 0.408 e. The fourth-order valence-electron chi connectivity index (χ4n) is 2.05. The number of nitrogens with zero attached hydrogens (tertiary/aromatic N) is 3. The third-order valence-corrected chi connectivity index (χ3v) is 3.67. The van der Waals surface area contributed by atoms with Crippen molar-refractivity contribution in [1.29, 1.82) is 0 Å². The van der Waals surface area contributed by atoms with E-state index in [0.29, 0.717) is 18.1 Å². The number of pyridine rings is 1. The van der Waals surface area contributed by atoms with Gasteiger partial charge in [0.1, 0.15) is 18.0 Å². The molecule has 0 aliphatic carbocycles. The summed E-state index contributed by atoms with van der Waals surface area (Å²) < 4.78 is 10.5. The van der Waals surface area contributed by atoms with Gasteiger partial charge in [-0.25, -0.2) is 14.8 Å². The molecule has 23 heavy (non-hydrogen) atoms. The number of nitrogens with one attached hydrogen (secondary N) is 1. The van der Waals surface area contributed by atoms with E-state index in [2.05, 4.69) is 20.3 Å². The highest BCUT2D eigenvalue weighted by Crippen LogP contribution is 2.37. The number of carbonyl (C=O) groups is 1. The quantitative estimate of drug-likeness (QED) is 0.850. The highest BCUT2D eigenvalue weighted by Gasteiger charge is 2.41. The van der Waals surface area contributed by atoms with Crippen LogP contribution in [0.4, 0.5) is 4.79 Å². The second-order valence-electron chi connectivity index (χ2n) is 5.61. The lowest BCUT2D eigenvalue weighted by Gasteiger charge is -2.12. The number of hydrogen-bond donors (Lipinski definition) is 1. The Morgan fingerprint density at radius 3 is 2.74 bits per heavy atom. The van der Waals surface area contributed by atoms with Crippen molar-refractivity contribution in [2.75, 3.05) is 6.61 Å². The molecular weight excluding hydrogens is 296 g/mol. The lowest BCUT2D eigenvalue weighted by atomic mass is 10.0. The summed E-state index contributed by atoms with van der Waals surface area (Å²) in [6, 6.07) is 5.17. The molecular formula is C16H18N4O3. The van der Waals surface area contributed by atoms with E-state index in [1.165, 1.54) is 0 Å². The zero-order valence-electron chi connectivity index (χ0n) is 13.0. The third-order valence-electron chi connectivity index (χ3n) is 3.67. The summed E-state index contributed by atoms with van der Waals surface area (Å²) in [6.45, 7) is 4.62. The first kappa shape index (κ1) is 15.4. The molecule has 2 aromatic rings. The number of rotatable bonds is 5. The van der Waals surface area contributed by atoms with E-state index in [1.807, 2.05) is 19.1 Å². The van der Waals surface area contributed by atoms with Crippen molar-refractivity contribution in [3.8, 4) is 0 Å². The topological polar surface area (TPSA) is 89.5 Å². The molecule has 0 bridgehead atoms. The van der Waals surface area contributed by atoms with Crippen LogP contribution in [0.1, 0.15) is 37.0 Å². The molecule has 1 fully saturated rings. The predicted octanol–water partition coefficient (Wildman–Crippen LogP) is 2.10. The first-order valence-corrected chi connectivity index (χ1v) is 7.36. The van der Waals surface area contributed by atoms with E-state index >= 15 is 0 Å². The first-order chi connectivity index (χ1) is 11.1. The van der Waals surface area contributed by atoms with Crippen molar-refractivity contribution in [3.63, 3.8) is 0 Å². The van der Waals surface area contributed by atoms with Gasteiger partial charge in [-0.15, -0.1) is 0 Å². The number of epoxide rings is 1. The van der Waals surface area contributed by atoms with E-state index in [4.69, 9.17) is 9.47 Å². The van der Waals surface area contributed by atoms with Gasteiger partial charge in [-0.2, -0.15) is 0 Å². The van der Waals surface area contributed by atoms with Crippen molar-refractivity contribution < 1.29 is 14.3 Å². The molecule has 0 aromatic carbocycles. The number of amides is 1. The van der Waals surface area contributed by atoms with E-state index in [1.54, 1.807) is 31.6 Å². The molecule has 0 radical (unpaired) electrons. The minimum absolute atomic E-state index is 0.103. The molecule has 0 spiro atoms. The second-order valence-corrected chi connectivity index (χ2v) is 5.61. The standard InChI is InChI=1S/C16H18N4O3/c1-11(14-17-6-3-7-18-14)20-15(21)22-9-13-5-4-12(8-19-13)16(2)10-23-16/h3-8,11H,9-10H2,1-2H3,(H,20,21). The van der Waals surface area contributed by atoms with Gasteiger partial charge in [0.2, 0.25) is 0 Å². The summed E-state index contributed by atoms with van der Waals surface area (Å²) in [5.74, 6) is 0.532. The van der Waals surface area contributed by atoms with Gasteiger partial charge in [-0.05, 0) is 26.0 Å². The van der Waals surface area contributed by atoms with E-state index in [9.17, 15) is 4.79 Å². The van der Waals surface area contributed by atoms with Crippen LogP contribution in [0.2, 0.25) is 0 Å². The molecule has 2 unspecified atom stereocenters. The highest BCUT2D eigenvalue weighted by atomic mass is 16.6. The van der Waals surface area contributed by atoms with Gasteiger partial charge < -0.3 is 14.8 Å². The second kappa shape index (κ2) is 6.29. The van der Waals surface area contributed by atoms with Gasteiger partial charge in [0, 0.05) is 24.2 Å². The number of ether oxygens (including phenoxy) is 2. The molecule has 1 saturated heterocycles. The van der Waals surface area contributed by atoms with E-state index < -0.39 is 6.09 Å². The van der Waals surface area contributed by atoms with Crippen LogP contribution in [0, 0.1) is 0 Å². The van der Waals surface area contributed by atoms with Crippen LogP contribution in [0.15, 0.2) is 36.8 Å². The Kier molecular flexibility index (Phi) is 4.20. The Morgan fingerprint density at radius 1 is 1.39 bits per heavy atom. The maximum absolute atomic E-state index is 11.8. The maximum atomic E-state index is 11.8. The molecule has 1 aliphatic rings. The minimum Gasteiger partial charge on any atom is -0.443 e. The van der Waals surface area contributed by atoms with E-state index in [-0.39, 0.29) is 18.2 Å². The Hall–Kier alpha value is -2.54. The van der Waals surface area contributed by atoms with Crippen LogP contribution >= 0.6 is 0 Å².